The molecule has 5 atom stereocenters. The molecule has 1 unspecified atom stereocenters. The van der Waals surface area contributed by atoms with Crippen molar-refractivity contribution in [3.05, 3.63) is 35.9 Å². The first-order valence-electron chi connectivity index (χ1n) is 13.6. The third-order valence-corrected chi connectivity index (χ3v) is 17.6. The van der Waals surface area contributed by atoms with Crippen LogP contribution in [-0.4, -0.2) is 53.4 Å². The molecule has 1 aromatic carbocycles. The van der Waals surface area contributed by atoms with E-state index in [4.69, 9.17) is 13.6 Å². The summed E-state index contributed by atoms with van der Waals surface area (Å²) in [5, 5.41) is 3.16. The van der Waals surface area contributed by atoms with Gasteiger partial charge in [-0.2, -0.15) is 0 Å². The lowest BCUT2D eigenvalue weighted by Crippen LogP contribution is -2.67. The summed E-state index contributed by atoms with van der Waals surface area (Å²) in [5.74, 6) is 5.55. The summed E-state index contributed by atoms with van der Waals surface area (Å²) in [6.07, 6.45) is -0.620. The average Bonchev–Trinajstić information content (AvgIpc) is 2.77. The Morgan fingerprint density at radius 1 is 0.947 bits per heavy atom. The highest BCUT2D eigenvalue weighted by molar-refractivity contribution is 6.74. The van der Waals surface area contributed by atoms with Crippen LogP contribution < -0.4 is 5.32 Å². The van der Waals surface area contributed by atoms with Gasteiger partial charge in [-0.25, -0.2) is 4.79 Å². The van der Waals surface area contributed by atoms with E-state index in [0.29, 0.717) is 5.56 Å². The third kappa shape index (κ3) is 7.81. The van der Waals surface area contributed by atoms with E-state index < -0.39 is 28.7 Å². The molecule has 1 heterocycles. The largest absolute Gasteiger partial charge is 0.449 e. The van der Waals surface area contributed by atoms with Gasteiger partial charge in [0.2, 0.25) is 5.91 Å². The second-order valence-electron chi connectivity index (χ2n) is 13.6. The first kappa shape index (κ1) is 32.3. The molecule has 0 aliphatic carbocycles. The molecule has 1 N–H and O–H groups in total. The van der Waals surface area contributed by atoms with Crippen LogP contribution in [0.5, 0.6) is 0 Å². The van der Waals surface area contributed by atoms with Gasteiger partial charge in [0, 0.05) is 12.0 Å². The monoisotopic (exact) mass is 559 g/mol. The molecule has 38 heavy (non-hydrogen) atoms. The van der Waals surface area contributed by atoms with Crippen molar-refractivity contribution in [3.8, 4) is 11.8 Å². The molecule has 212 valence electrons. The molecule has 8 heteroatoms. The molecule has 1 aromatic rings. The van der Waals surface area contributed by atoms with E-state index in [0.717, 1.165) is 0 Å². The van der Waals surface area contributed by atoms with Crippen molar-refractivity contribution in [1.29, 1.82) is 0 Å². The van der Waals surface area contributed by atoms with E-state index >= 15 is 0 Å². The summed E-state index contributed by atoms with van der Waals surface area (Å²) in [4.78, 5) is 25.1. The number of β-lactam (4-membered cyclic amide) rings is 1. The fraction of sp³-hybridized carbons (Fsp3) is 0.667. The lowest BCUT2D eigenvalue weighted by atomic mass is 9.77. The number of ether oxygens (including phenoxy) is 1. The maximum atomic E-state index is 12.8. The summed E-state index contributed by atoms with van der Waals surface area (Å²) in [5.41, 5.74) is 0.493. The molecular weight excluding hydrogens is 511 g/mol. The Balaban J connectivity index is 2.22. The molecule has 0 bridgehead atoms. The van der Waals surface area contributed by atoms with Gasteiger partial charge in [0.1, 0.15) is 6.10 Å². The molecule has 0 spiro atoms. The number of esters is 1. The van der Waals surface area contributed by atoms with Gasteiger partial charge in [0.25, 0.3) is 0 Å². The van der Waals surface area contributed by atoms with Gasteiger partial charge in [-0.05, 0) is 55.3 Å². The Morgan fingerprint density at radius 3 is 1.97 bits per heavy atom. The van der Waals surface area contributed by atoms with Crippen LogP contribution >= 0.6 is 0 Å². The van der Waals surface area contributed by atoms with Crippen molar-refractivity contribution >= 4 is 28.5 Å². The van der Waals surface area contributed by atoms with Crippen LogP contribution in [-0.2, 0) is 18.4 Å². The first-order valence-corrected chi connectivity index (χ1v) is 19.5. The molecule has 0 aromatic heterocycles. The Bertz CT molecular complexity index is 1030. The number of nitrogens with one attached hydrogen (secondary N) is 1. The maximum Gasteiger partial charge on any atom is 0.339 e. The number of carbonyl (C=O) groups is 2. The van der Waals surface area contributed by atoms with Crippen LogP contribution in [0.2, 0.25) is 36.3 Å². The Hall–Kier alpha value is -1.93. The van der Waals surface area contributed by atoms with Crippen molar-refractivity contribution in [2.24, 2.45) is 11.8 Å². The molecule has 1 aliphatic heterocycles. The summed E-state index contributed by atoms with van der Waals surface area (Å²) in [7, 11) is -4.22. The molecule has 0 radical (unpaired) electrons. The van der Waals surface area contributed by atoms with E-state index in [1.807, 2.05) is 13.0 Å². The number of amides is 1. The van der Waals surface area contributed by atoms with Crippen LogP contribution in [0.15, 0.2) is 30.3 Å². The van der Waals surface area contributed by atoms with Gasteiger partial charge in [-0.3, -0.25) is 4.79 Å². The van der Waals surface area contributed by atoms with Crippen LogP contribution in [0.3, 0.4) is 0 Å². The van der Waals surface area contributed by atoms with Crippen LogP contribution in [0.4, 0.5) is 0 Å². The number of rotatable bonds is 9. The molecule has 2 rings (SSSR count). The van der Waals surface area contributed by atoms with E-state index in [2.05, 4.69) is 91.8 Å². The van der Waals surface area contributed by atoms with Gasteiger partial charge in [-0.15, -0.1) is 0 Å². The lowest BCUT2D eigenvalue weighted by molar-refractivity contribution is -0.143. The number of benzene rings is 1. The molecule has 1 amide bonds. The van der Waals surface area contributed by atoms with Crippen molar-refractivity contribution in [3.63, 3.8) is 0 Å². The van der Waals surface area contributed by atoms with Crippen molar-refractivity contribution < 1.29 is 23.2 Å². The second kappa shape index (κ2) is 12.1. The summed E-state index contributed by atoms with van der Waals surface area (Å²) >= 11 is 0. The quantitative estimate of drug-likeness (QED) is 0.164. The Labute approximate surface area is 232 Å². The zero-order chi connectivity index (χ0) is 29.1. The van der Waals surface area contributed by atoms with Crippen molar-refractivity contribution in [2.75, 3.05) is 6.61 Å². The predicted octanol–water partition coefficient (Wildman–Crippen LogP) is 6.40. The minimum atomic E-state index is -2.18. The fourth-order valence-electron chi connectivity index (χ4n) is 3.95. The minimum Gasteiger partial charge on any atom is -0.449 e. The van der Waals surface area contributed by atoms with Crippen LogP contribution in [0, 0.1) is 23.7 Å². The number of hydrogen-bond acceptors (Lipinski definition) is 5. The maximum absolute atomic E-state index is 12.8. The molecule has 6 nitrogen and oxygen atoms in total. The van der Waals surface area contributed by atoms with Crippen LogP contribution in [0.25, 0.3) is 0 Å². The normalized spacial score (nSPS) is 20.8. The molecule has 0 saturated carbocycles. The smallest absolute Gasteiger partial charge is 0.339 e. The topological polar surface area (TPSA) is 73.9 Å². The summed E-state index contributed by atoms with van der Waals surface area (Å²) < 4.78 is 18.8. The van der Waals surface area contributed by atoms with E-state index in [1.54, 1.807) is 24.3 Å². The number of hydrogen-bond donors (Lipinski definition) is 1. The lowest BCUT2D eigenvalue weighted by Gasteiger charge is -2.49. The summed E-state index contributed by atoms with van der Waals surface area (Å²) in [6.45, 7) is 26.1. The van der Waals surface area contributed by atoms with Gasteiger partial charge < -0.3 is 18.9 Å². The first-order chi connectivity index (χ1) is 17.3. The van der Waals surface area contributed by atoms with Crippen molar-refractivity contribution in [1.82, 2.24) is 5.32 Å². The highest BCUT2D eigenvalue weighted by Crippen LogP contribution is 2.41. The Kier molecular flexibility index (Phi) is 10.3. The summed E-state index contributed by atoms with van der Waals surface area (Å²) in [6, 6.07) is 8.77. The second-order valence-corrected chi connectivity index (χ2v) is 23.1. The van der Waals surface area contributed by atoms with Gasteiger partial charge in [-0.1, -0.05) is 78.5 Å². The van der Waals surface area contributed by atoms with Crippen molar-refractivity contribution in [2.45, 2.75) is 110 Å². The molecule has 1 fully saturated rings. The SMILES string of the molecule is C[C@@H](O[Si](C)(C)C(C)(C)C)[C@H]1C(=O)N[C@@H]1[C@@H](C)C(C#CCOC(=O)c1ccccc1)O[Si](C)(C)C(C)(C)C. The molecule has 1 saturated heterocycles. The van der Waals surface area contributed by atoms with Gasteiger partial charge in [0.15, 0.2) is 23.2 Å². The zero-order valence-electron chi connectivity index (χ0n) is 25.5. The third-order valence-electron chi connectivity index (χ3n) is 8.59. The van der Waals surface area contributed by atoms with E-state index in [-0.39, 0.29) is 46.6 Å². The predicted molar refractivity (Wildman–Crippen MR) is 159 cm³/mol. The van der Waals surface area contributed by atoms with Crippen LogP contribution in [0.1, 0.15) is 65.7 Å². The molecular formula is C30H49NO5Si2. The average molecular weight is 560 g/mol. The minimum absolute atomic E-state index is 0.00652. The standard InChI is InChI=1S/C30H49NO5Si2/c1-21(26-25(27(32)31-26)22(2)35-37(9,10)29(3,4)5)24(36-38(11,12)30(6,7)8)19-16-20-34-28(33)23-17-14-13-15-18-23/h13-15,17-18,21-22,24-26H,20H2,1-12H3,(H,31,32)/t21-,22+,24?,25+,26+/m0/s1. The zero-order valence-corrected chi connectivity index (χ0v) is 27.5. The fourth-order valence-corrected chi connectivity index (χ4v) is 6.64. The van der Waals surface area contributed by atoms with Gasteiger partial charge >= 0.3 is 5.97 Å². The highest BCUT2D eigenvalue weighted by Gasteiger charge is 2.51. The Morgan fingerprint density at radius 2 is 1.47 bits per heavy atom. The number of carbonyl (C=O) groups excluding carboxylic acids is 2. The van der Waals surface area contributed by atoms with E-state index in [1.165, 1.54) is 0 Å². The van der Waals surface area contributed by atoms with Gasteiger partial charge in [0.05, 0.1) is 17.6 Å². The molecule has 1 aliphatic rings. The highest BCUT2D eigenvalue weighted by atomic mass is 28.4. The van der Waals surface area contributed by atoms with E-state index in [9.17, 15) is 9.59 Å².